The molecule has 6 N–H and O–H groups in total. The van der Waals surface area contributed by atoms with Gasteiger partial charge in [0.25, 0.3) is 5.72 Å². The molecule has 0 aliphatic carbocycles. The summed E-state index contributed by atoms with van der Waals surface area (Å²) in [4.78, 5) is 53.3. The number of nitrogens with two attached hydrogens (primary N) is 1. The number of rotatable bonds is 23. The van der Waals surface area contributed by atoms with Crippen LogP contribution in [0.1, 0.15) is 65.7 Å². The van der Waals surface area contributed by atoms with Gasteiger partial charge in [0.2, 0.25) is 5.60 Å². The summed E-state index contributed by atoms with van der Waals surface area (Å²) in [6.07, 6.45) is -26.0. The number of halogens is 19. The number of ketones is 1. The Hall–Kier alpha value is -11.0. The van der Waals surface area contributed by atoms with Gasteiger partial charge >= 0.3 is 48.8 Å². The Morgan fingerprint density at radius 3 is 1.10 bits per heavy atom. The number of pyridine rings is 2. The van der Waals surface area contributed by atoms with Crippen molar-refractivity contribution in [1.82, 2.24) is 9.97 Å². The summed E-state index contributed by atoms with van der Waals surface area (Å²) in [5.74, 6) is -5.13. The quantitative estimate of drug-likeness (QED) is 0.0172. The van der Waals surface area contributed by atoms with Crippen LogP contribution in [0.4, 0.5) is 74.6 Å². The van der Waals surface area contributed by atoms with Crippen LogP contribution in [-0.2, 0) is 20.8 Å². The Kier molecular flexibility index (Phi) is 32.9. The van der Waals surface area contributed by atoms with E-state index in [9.17, 15) is 109 Å². The van der Waals surface area contributed by atoms with Crippen LogP contribution in [0.25, 0.3) is 22.5 Å². The number of ether oxygens (including phenoxy) is 11. The van der Waals surface area contributed by atoms with Crippen molar-refractivity contribution in [1.29, 1.82) is 0 Å². The Balaban J connectivity index is 0.000000313. The molecule has 2 heterocycles. The van der Waals surface area contributed by atoms with Crippen LogP contribution in [0.5, 0.6) is 57.5 Å². The standard InChI is InChI=1S/C26H21ClF7NO5.C14H11ClF4N2O2.C11H11F3O4.C10H9F3O4.C9H10O4/c1-38-20-7-8-22(35-23(20)15-3-5-17(28)16(27)11-15)24(37,26(32,33)34)10-9-18(36)14-4-6-19(21(12-14)39-2)40-13-25(29,30)31;1-23-10-4-5-11(13(20,22)14(17,18)19)21-12(10)7-2-3-9(16)8(15)6-7;1-16-9-5-7(10(15)17-2)3-4-8(9)18-6-11(12,13)14;1-16-8-4-6(9(14)15)2-3-7(8)17-5-10(11,12)13;1-12-8-5-6(9(11)13-2)3-4-7(8)10/h3-8,11-12,37H,9-10,13H2,1-2H3;2-6,22H,20H2,1H3;3-5H,6H2,1-2H3;2-4H,5H2,1H3,(H,14,15);3-5,10H,1-2H3. The minimum absolute atomic E-state index is 0.00449. The van der Waals surface area contributed by atoms with Crippen LogP contribution < -0.4 is 48.4 Å². The van der Waals surface area contributed by atoms with Gasteiger partial charge in [-0.1, -0.05) is 23.2 Å². The number of phenols is 1. The van der Waals surface area contributed by atoms with E-state index in [0.29, 0.717) is 5.56 Å². The Morgan fingerprint density at radius 2 is 0.748 bits per heavy atom. The topological polar surface area (TPSA) is 303 Å². The molecule has 0 aliphatic rings. The number of carboxylic acid groups (broad SMARTS) is 1. The fourth-order valence-corrected chi connectivity index (χ4v) is 9.04. The van der Waals surface area contributed by atoms with E-state index >= 15 is 0 Å². The Labute approximate surface area is 627 Å². The second-order valence-corrected chi connectivity index (χ2v) is 22.6. The number of phenolic OH excluding ortho intramolecular Hbond substituents is 1. The summed E-state index contributed by atoms with van der Waals surface area (Å²) in [5, 5.41) is 37.7. The number of aliphatic hydroxyl groups is 2. The van der Waals surface area contributed by atoms with E-state index in [0.717, 1.165) is 79.9 Å². The lowest BCUT2D eigenvalue weighted by molar-refractivity contribution is -0.270. The van der Waals surface area contributed by atoms with Crippen LogP contribution >= 0.6 is 23.2 Å². The van der Waals surface area contributed by atoms with Gasteiger partial charge in [0.05, 0.1) is 95.0 Å². The molecule has 111 heavy (non-hydrogen) atoms. The number of hydrogen-bond donors (Lipinski definition) is 5. The van der Waals surface area contributed by atoms with Crippen molar-refractivity contribution < 1.29 is 166 Å². The number of nitrogens with zero attached hydrogens (tertiary/aromatic N) is 2. The van der Waals surface area contributed by atoms with Crippen molar-refractivity contribution in [3.63, 3.8) is 0 Å². The minimum Gasteiger partial charge on any atom is -0.504 e. The van der Waals surface area contributed by atoms with E-state index in [1.54, 1.807) is 0 Å². The zero-order valence-electron chi connectivity index (χ0n) is 58.3. The third-order valence-corrected chi connectivity index (χ3v) is 14.8. The van der Waals surface area contributed by atoms with Gasteiger partial charge in [0, 0.05) is 23.1 Å². The first kappa shape index (κ1) is 92.4. The van der Waals surface area contributed by atoms with Gasteiger partial charge in [-0.15, -0.1) is 0 Å². The van der Waals surface area contributed by atoms with Gasteiger partial charge in [0.15, 0.2) is 71.6 Å². The number of carboxylic acids is 1. The number of methoxy groups -OCH3 is 8. The number of aromatic carboxylic acids is 1. The zero-order chi connectivity index (χ0) is 84.0. The van der Waals surface area contributed by atoms with E-state index in [-0.39, 0.29) is 107 Å². The predicted molar refractivity (Wildman–Crippen MR) is 358 cm³/mol. The van der Waals surface area contributed by atoms with Crippen molar-refractivity contribution in [2.75, 3.05) is 76.7 Å². The molecule has 604 valence electrons. The molecular formula is C70H62Cl2F17N3O19. The van der Waals surface area contributed by atoms with Crippen molar-refractivity contribution in [3.8, 4) is 80.0 Å². The van der Waals surface area contributed by atoms with Crippen LogP contribution in [0, 0.1) is 11.6 Å². The summed E-state index contributed by atoms with van der Waals surface area (Å²) in [7, 11) is 9.99. The monoisotopic (exact) mass is 1640 g/mol. The number of aromatic hydroxyl groups is 1. The van der Waals surface area contributed by atoms with Gasteiger partial charge in [-0.05, 0) is 140 Å². The SMILES string of the molecule is COC(=O)c1ccc(O)c(OC)c1.COC(=O)c1ccc(OCC(F)(F)F)c(OC)c1.COc1cc(C(=O)CCC(O)(c2ccc(OC)c(-c3ccc(F)c(Cl)c3)n2)C(F)(F)F)ccc1OCC(F)(F)F.COc1cc(C(=O)O)ccc1OCC(F)(F)F.COc1ccc(C(N)(O)C(F)(F)F)nc1-c1ccc(F)c(Cl)c1. The highest BCUT2D eigenvalue weighted by Crippen LogP contribution is 2.45. The van der Waals surface area contributed by atoms with Crippen LogP contribution in [0.3, 0.4) is 0 Å². The number of alkyl halides is 15. The third kappa shape index (κ3) is 26.6. The second kappa shape index (κ2) is 39.6. The highest BCUT2D eigenvalue weighted by Gasteiger charge is 2.56. The fourth-order valence-electron chi connectivity index (χ4n) is 8.68. The van der Waals surface area contributed by atoms with E-state index < -0.39 is 122 Å². The predicted octanol–water partition coefficient (Wildman–Crippen LogP) is 16.1. The van der Waals surface area contributed by atoms with Gasteiger partial charge < -0.3 is 72.5 Å². The molecule has 8 aromatic rings. The lowest BCUT2D eigenvalue weighted by atomic mass is 9.89. The number of Topliss-reactive ketones (excluding diaryl/α,β-unsaturated/α-hetero) is 1. The lowest BCUT2D eigenvalue weighted by Crippen LogP contribution is -2.50. The first-order chi connectivity index (χ1) is 51.6. The molecule has 22 nitrogen and oxygen atoms in total. The van der Waals surface area contributed by atoms with Crippen LogP contribution in [-0.4, -0.2) is 162 Å². The zero-order valence-corrected chi connectivity index (χ0v) is 59.8. The molecule has 0 saturated heterocycles. The summed E-state index contributed by atoms with van der Waals surface area (Å²) in [6, 6.07) is 25.3. The maximum Gasteiger partial charge on any atom is 0.437 e. The van der Waals surface area contributed by atoms with Gasteiger partial charge in [-0.2, -0.15) is 65.9 Å². The Morgan fingerprint density at radius 1 is 0.414 bits per heavy atom. The normalized spacial score (nSPS) is 12.4. The molecule has 0 radical (unpaired) electrons. The Bertz CT molecular complexity index is 4510. The second-order valence-electron chi connectivity index (χ2n) is 21.8. The lowest BCUT2D eigenvalue weighted by Gasteiger charge is -2.30. The van der Waals surface area contributed by atoms with Crippen molar-refractivity contribution in [2.24, 2.45) is 5.73 Å². The number of aromatic nitrogens is 2. The molecule has 0 fully saturated rings. The fraction of sp³-hybridized carbons (Fsp3) is 0.286. The molecule has 2 aromatic heterocycles. The largest absolute Gasteiger partial charge is 0.504 e. The number of esters is 2. The first-order valence-corrected chi connectivity index (χ1v) is 31.1. The van der Waals surface area contributed by atoms with Crippen molar-refractivity contribution >= 4 is 46.9 Å². The number of hydrogen-bond acceptors (Lipinski definition) is 21. The first-order valence-electron chi connectivity index (χ1n) is 30.4. The van der Waals surface area contributed by atoms with Gasteiger partial charge in [-0.3, -0.25) is 10.5 Å². The summed E-state index contributed by atoms with van der Waals surface area (Å²) in [6.45, 7) is -4.52. The molecule has 2 unspecified atom stereocenters. The maximum absolute atomic E-state index is 14.2. The molecule has 6 aromatic carbocycles. The maximum atomic E-state index is 14.2. The highest BCUT2D eigenvalue weighted by atomic mass is 35.5. The van der Waals surface area contributed by atoms with E-state index in [1.807, 2.05) is 0 Å². The number of carbonyl (C=O) groups excluding carboxylic acids is 3. The van der Waals surface area contributed by atoms with Gasteiger partial charge in [-0.25, -0.2) is 33.1 Å². The van der Waals surface area contributed by atoms with E-state index in [4.69, 9.17) is 62.5 Å². The summed E-state index contributed by atoms with van der Waals surface area (Å²) < 4.78 is 269. The van der Waals surface area contributed by atoms with Gasteiger partial charge in [0.1, 0.15) is 34.5 Å². The van der Waals surface area contributed by atoms with Crippen molar-refractivity contribution in [3.05, 3.63) is 189 Å². The third-order valence-electron chi connectivity index (χ3n) is 14.2. The molecule has 41 heteroatoms. The summed E-state index contributed by atoms with van der Waals surface area (Å²) in [5.41, 5.74) is -3.71. The molecule has 0 bridgehead atoms. The average Bonchev–Trinajstić information content (AvgIpc) is 0.770. The molecule has 2 atom stereocenters. The molecule has 0 spiro atoms. The molecule has 8 rings (SSSR count). The molecule has 0 amide bonds. The summed E-state index contributed by atoms with van der Waals surface area (Å²) >= 11 is 11.5. The number of carbonyl (C=O) groups is 4. The van der Waals surface area contributed by atoms with E-state index in [2.05, 4.69) is 33.7 Å². The smallest absolute Gasteiger partial charge is 0.437 e. The minimum atomic E-state index is -5.29. The highest BCUT2D eigenvalue weighted by molar-refractivity contribution is 6.31. The van der Waals surface area contributed by atoms with Crippen LogP contribution in [0.15, 0.2) is 133 Å². The average molecular weight is 1640 g/mol. The molecule has 0 saturated carbocycles. The molecule has 0 aliphatic heterocycles. The van der Waals surface area contributed by atoms with Crippen LogP contribution in [0.2, 0.25) is 10.0 Å². The molecular weight excluding hydrogens is 1580 g/mol. The van der Waals surface area contributed by atoms with Crippen molar-refractivity contribution in [2.45, 2.75) is 55.0 Å². The number of benzene rings is 6. The van der Waals surface area contributed by atoms with E-state index in [1.165, 1.54) is 110 Å².